The van der Waals surface area contributed by atoms with Gasteiger partial charge >= 0.3 is 5.69 Å². The van der Waals surface area contributed by atoms with Gasteiger partial charge in [-0.1, -0.05) is 27.7 Å². The van der Waals surface area contributed by atoms with E-state index in [9.17, 15) is 19.6 Å². The fourth-order valence-electron chi connectivity index (χ4n) is 4.19. The maximum atomic E-state index is 13.5. The lowest BCUT2D eigenvalue weighted by Crippen LogP contribution is -2.43. The summed E-state index contributed by atoms with van der Waals surface area (Å²) in [6.07, 6.45) is 1.92. The molecule has 0 aliphatic rings. The topological polar surface area (TPSA) is 155 Å². The summed E-state index contributed by atoms with van der Waals surface area (Å²) < 4.78 is 2.90. The minimum atomic E-state index is -0.683. The zero-order valence-corrected chi connectivity index (χ0v) is 21.0. The molecule has 3 N–H and O–H groups in total. The number of hydrogen-bond acceptors (Lipinski definition) is 7. The molecule has 3 aromatic heterocycles. The van der Waals surface area contributed by atoms with E-state index in [-0.39, 0.29) is 42.2 Å². The number of nitrogens with zero attached hydrogens (tertiary/aromatic N) is 6. The van der Waals surface area contributed by atoms with Gasteiger partial charge in [-0.2, -0.15) is 10.4 Å². The molecule has 35 heavy (non-hydrogen) atoms. The minimum absolute atomic E-state index is 0.00305. The molecular weight excluding hydrogens is 448 g/mol. The Morgan fingerprint density at radius 1 is 1.23 bits per heavy atom. The first-order valence-corrected chi connectivity index (χ1v) is 11.6. The number of hydrogen-bond donors (Lipinski definition) is 2. The van der Waals surface area contributed by atoms with Gasteiger partial charge in [0.1, 0.15) is 17.5 Å². The van der Waals surface area contributed by atoms with E-state index in [0.717, 1.165) is 11.3 Å². The second kappa shape index (κ2) is 10.1. The normalized spacial score (nSPS) is 11.4. The van der Waals surface area contributed by atoms with Crippen LogP contribution >= 0.6 is 0 Å². The summed E-state index contributed by atoms with van der Waals surface area (Å²) in [5, 5.41) is 13.5. The third-order valence-corrected chi connectivity index (χ3v) is 5.80. The van der Waals surface area contributed by atoms with Gasteiger partial charge in [0.2, 0.25) is 5.91 Å². The fraction of sp³-hybridized carbons (Fsp3) is 0.500. The first-order valence-electron chi connectivity index (χ1n) is 11.6. The van der Waals surface area contributed by atoms with E-state index in [1.165, 1.54) is 15.7 Å². The standard InChI is InChI=1S/C24H32N8O3/c1-13(2)11-30(20-21(26)31(12-14(3)4)24(35)29-23(20)34)19(33)8-7-18-15(5)28-22-17(9-25)10-27-32(22)16(18)6/h10,13-14H,7-8,11-12,26H2,1-6H3,(H,29,34,35). The summed E-state index contributed by atoms with van der Waals surface area (Å²) in [6, 6.07) is 2.08. The highest BCUT2D eigenvalue weighted by Crippen LogP contribution is 2.22. The summed E-state index contributed by atoms with van der Waals surface area (Å²) in [5.74, 6) is -0.140. The molecule has 0 saturated heterocycles. The number of carbonyl (C=O) groups excluding carboxylic acids is 1. The molecule has 1 amide bonds. The Balaban J connectivity index is 1.98. The van der Waals surface area contributed by atoms with Crippen LogP contribution in [0.2, 0.25) is 0 Å². The number of aromatic amines is 1. The van der Waals surface area contributed by atoms with Crippen molar-refractivity contribution in [3.05, 3.63) is 49.5 Å². The van der Waals surface area contributed by atoms with Crippen molar-refractivity contribution in [3.8, 4) is 6.07 Å². The van der Waals surface area contributed by atoms with Gasteiger partial charge < -0.3 is 10.6 Å². The highest BCUT2D eigenvalue weighted by molar-refractivity contribution is 5.95. The Kier molecular flexibility index (Phi) is 7.43. The number of nitrogens with one attached hydrogen (secondary N) is 1. The van der Waals surface area contributed by atoms with Crippen molar-refractivity contribution < 1.29 is 4.79 Å². The molecule has 0 saturated carbocycles. The Bertz CT molecular complexity index is 1420. The Hall–Kier alpha value is -3.94. The largest absolute Gasteiger partial charge is 0.383 e. The molecular formula is C24H32N8O3. The van der Waals surface area contributed by atoms with Crippen LogP contribution in [0.4, 0.5) is 11.5 Å². The van der Waals surface area contributed by atoms with Crippen molar-refractivity contribution in [2.75, 3.05) is 17.2 Å². The molecule has 0 aliphatic heterocycles. The first kappa shape index (κ1) is 25.7. The Labute approximate surface area is 203 Å². The first-order chi connectivity index (χ1) is 16.5. The van der Waals surface area contributed by atoms with Gasteiger partial charge in [-0.25, -0.2) is 14.3 Å². The summed E-state index contributed by atoms with van der Waals surface area (Å²) in [6.45, 7) is 12.0. The zero-order valence-electron chi connectivity index (χ0n) is 21.0. The SMILES string of the molecule is Cc1nc2c(C#N)cnn2c(C)c1CCC(=O)N(CC(C)C)c1c(N)n(CC(C)C)c(=O)[nH]c1=O. The van der Waals surface area contributed by atoms with Crippen LogP contribution in [0.5, 0.6) is 0 Å². The second-order valence-corrected chi connectivity index (χ2v) is 9.56. The van der Waals surface area contributed by atoms with Crippen LogP contribution in [0.1, 0.15) is 56.6 Å². The maximum absolute atomic E-state index is 13.5. The average molecular weight is 481 g/mol. The maximum Gasteiger partial charge on any atom is 0.330 e. The second-order valence-electron chi connectivity index (χ2n) is 9.56. The number of anilines is 2. The Morgan fingerprint density at radius 2 is 1.91 bits per heavy atom. The number of H-pyrrole nitrogens is 1. The molecule has 0 fully saturated rings. The number of fused-ring (bicyclic) bond motifs is 1. The van der Waals surface area contributed by atoms with Gasteiger partial charge in [-0.05, 0) is 37.7 Å². The molecule has 0 spiro atoms. The van der Waals surface area contributed by atoms with Crippen molar-refractivity contribution in [1.29, 1.82) is 5.26 Å². The molecule has 0 aliphatic carbocycles. The third-order valence-electron chi connectivity index (χ3n) is 5.80. The van der Waals surface area contributed by atoms with Crippen LogP contribution in [-0.4, -0.2) is 36.6 Å². The molecule has 0 aromatic carbocycles. The predicted molar refractivity (Wildman–Crippen MR) is 133 cm³/mol. The van der Waals surface area contributed by atoms with Crippen LogP contribution in [0.3, 0.4) is 0 Å². The zero-order chi connectivity index (χ0) is 26.0. The number of aryl methyl sites for hydroxylation is 2. The van der Waals surface area contributed by atoms with E-state index in [0.29, 0.717) is 29.9 Å². The van der Waals surface area contributed by atoms with Crippen molar-refractivity contribution in [1.82, 2.24) is 24.1 Å². The summed E-state index contributed by atoms with van der Waals surface area (Å²) >= 11 is 0. The molecule has 0 bridgehead atoms. The molecule has 3 rings (SSSR count). The molecule has 3 heterocycles. The Morgan fingerprint density at radius 3 is 2.51 bits per heavy atom. The summed E-state index contributed by atoms with van der Waals surface area (Å²) in [4.78, 5) is 46.8. The molecule has 11 nitrogen and oxygen atoms in total. The highest BCUT2D eigenvalue weighted by atomic mass is 16.2. The molecule has 0 unspecified atom stereocenters. The van der Waals surface area contributed by atoms with Crippen LogP contribution in [0.15, 0.2) is 15.8 Å². The minimum Gasteiger partial charge on any atom is -0.383 e. The number of rotatable bonds is 8. The van der Waals surface area contributed by atoms with Crippen LogP contribution < -0.4 is 21.9 Å². The summed E-state index contributed by atoms with van der Waals surface area (Å²) in [5.41, 5.74) is 8.20. The third kappa shape index (κ3) is 5.11. The van der Waals surface area contributed by atoms with Gasteiger partial charge in [-0.3, -0.25) is 19.1 Å². The lowest BCUT2D eigenvalue weighted by Gasteiger charge is -2.26. The van der Waals surface area contributed by atoms with E-state index in [4.69, 9.17) is 5.73 Å². The van der Waals surface area contributed by atoms with E-state index >= 15 is 0 Å². The van der Waals surface area contributed by atoms with Gasteiger partial charge in [0, 0.05) is 30.9 Å². The lowest BCUT2D eigenvalue weighted by atomic mass is 10.1. The number of nitrogen functional groups attached to an aromatic ring is 1. The van der Waals surface area contributed by atoms with E-state index in [1.54, 1.807) is 4.52 Å². The van der Waals surface area contributed by atoms with Crippen LogP contribution in [0, 0.1) is 37.0 Å². The van der Waals surface area contributed by atoms with E-state index in [2.05, 4.69) is 21.1 Å². The molecule has 3 aromatic rings. The molecule has 0 atom stereocenters. The number of aromatic nitrogens is 5. The fourth-order valence-corrected chi connectivity index (χ4v) is 4.19. The number of nitrogens with two attached hydrogens (primary N) is 1. The van der Waals surface area contributed by atoms with Gasteiger partial charge in [0.25, 0.3) is 5.56 Å². The van der Waals surface area contributed by atoms with Crippen molar-refractivity contribution in [2.24, 2.45) is 11.8 Å². The molecule has 186 valence electrons. The smallest absolute Gasteiger partial charge is 0.330 e. The highest BCUT2D eigenvalue weighted by Gasteiger charge is 2.26. The van der Waals surface area contributed by atoms with Crippen molar-refractivity contribution in [3.63, 3.8) is 0 Å². The molecule has 11 heteroatoms. The number of nitriles is 1. The quantitative estimate of drug-likeness (QED) is 0.499. The molecule has 0 radical (unpaired) electrons. The van der Waals surface area contributed by atoms with E-state index in [1.807, 2.05) is 41.5 Å². The van der Waals surface area contributed by atoms with Crippen molar-refractivity contribution in [2.45, 2.75) is 60.9 Å². The lowest BCUT2D eigenvalue weighted by molar-refractivity contribution is -0.118. The monoisotopic (exact) mass is 480 g/mol. The summed E-state index contributed by atoms with van der Waals surface area (Å²) in [7, 11) is 0. The number of amides is 1. The number of carbonyl (C=O) groups is 1. The predicted octanol–water partition coefficient (Wildman–Crippen LogP) is 1.93. The van der Waals surface area contributed by atoms with Crippen LogP contribution in [0.25, 0.3) is 5.65 Å². The average Bonchev–Trinajstić information content (AvgIpc) is 3.18. The van der Waals surface area contributed by atoms with Crippen LogP contribution in [-0.2, 0) is 17.8 Å². The van der Waals surface area contributed by atoms with E-state index < -0.39 is 11.2 Å². The van der Waals surface area contributed by atoms with Gasteiger partial charge in [0.15, 0.2) is 11.3 Å². The van der Waals surface area contributed by atoms with Crippen molar-refractivity contribution >= 4 is 23.1 Å². The van der Waals surface area contributed by atoms with Gasteiger partial charge in [0.05, 0.1) is 6.20 Å². The van der Waals surface area contributed by atoms with Gasteiger partial charge in [-0.15, -0.1) is 0 Å².